The van der Waals surface area contributed by atoms with Crippen molar-refractivity contribution < 1.29 is 9.59 Å². The third-order valence-corrected chi connectivity index (χ3v) is 6.17. The van der Waals surface area contributed by atoms with Crippen molar-refractivity contribution in [3.63, 3.8) is 0 Å². The first-order valence-electron chi connectivity index (χ1n) is 8.33. The van der Waals surface area contributed by atoms with E-state index in [9.17, 15) is 9.59 Å². The average Bonchev–Trinajstić information content (AvgIpc) is 3.36. The number of carbonyl (C=O) groups excluding carboxylic acids is 2. The van der Waals surface area contributed by atoms with Gasteiger partial charge in [-0.05, 0) is 49.1 Å². The lowest BCUT2D eigenvalue weighted by molar-refractivity contribution is -0.117. The first-order chi connectivity index (χ1) is 12.6. The van der Waals surface area contributed by atoms with Gasteiger partial charge in [0.2, 0.25) is 5.91 Å². The predicted octanol–water partition coefficient (Wildman–Crippen LogP) is 4.56. The van der Waals surface area contributed by atoms with Crippen LogP contribution in [0.1, 0.15) is 28.2 Å². The van der Waals surface area contributed by atoms with Crippen molar-refractivity contribution in [3.8, 4) is 10.6 Å². The van der Waals surface area contributed by atoms with Gasteiger partial charge in [-0.15, -0.1) is 11.3 Å². The minimum absolute atomic E-state index is 0.156. The number of aromatic nitrogens is 1. The molecule has 1 aromatic carbocycles. The normalized spacial score (nSPS) is 14.0. The van der Waals surface area contributed by atoms with E-state index < -0.39 is 0 Å². The first-order valence-corrected chi connectivity index (χ1v) is 10.1. The molecule has 1 saturated heterocycles. The minimum Gasteiger partial charge on any atom is -0.321 e. The summed E-state index contributed by atoms with van der Waals surface area (Å²) < 4.78 is 0. The molecule has 7 heteroatoms. The second kappa shape index (κ2) is 7.01. The Morgan fingerprint density at radius 2 is 2.04 bits per heavy atom. The minimum atomic E-state index is -0.161. The number of carbonyl (C=O) groups is 2. The van der Waals surface area contributed by atoms with Crippen LogP contribution in [0, 0.1) is 6.92 Å². The number of thiazole rings is 1. The summed E-state index contributed by atoms with van der Waals surface area (Å²) in [7, 11) is 0. The van der Waals surface area contributed by atoms with E-state index >= 15 is 0 Å². The summed E-state index contributed by atoms with van der Waals surface area (Å²) in [5, 5.41) is 7.80. The summed E-state index contributed by atoms with van der Waals surface area (Å²) in [5.41, 5.74) is 3.35. The van der Waals surface area contributed by atoms with Gasteiger partial charge in [0.25, 0.3) is 5.91 Å². The number of rotatable bonds is 4. The van der Waals surface area contributed by atoms with Crippen molar-refractivity contribution in [3.05, 3.63) is 51.7 Å². The third-order valence-electron chi connectivity index (χ3n) is 4.28. The maximum Gasteiger partial charge on any atom is 0.267 e. The van der Waals surface area contributed by atoms with Gasteiger partial charge >= 0.3 is 0 Å². The molecule has 3 heterocycles. The molecule has 2 aromatic heterocycles. The second-order valence-electron chi connectivity index (χ2n) is 6.10. The van der Waals surface area contributed by atoms with Crippen molar-refractivity contribution in [2.24, 2.45) is 0 Å². The molecular formula is C19H17N3O2S2. The molecule has 4 rings (SSSR count). The number of hydrogen-bond donors (Lipinski definition) is 1. The zero-order valence-corrected chi connectivity index (χ0v) is 15.8. The lowest BCUT2D eigenvalue weighted by Gasteiger charge is -2.16. The Morgan fingerprint density at radius 1 is 1.23 bits per heavy atom. The lowest BCUT2D eigenvalue weighted by Crippen LogP contribution is -2.23. The van der Waals surface area contributed by atoms with E-state index in [1.54, 1.807) is 16.2 Å². The Kier molecular flexibility index (Phi) is 4.57. The molecule has 0 atom stereocenters. The first kappa shape index (κ1) is 16.9. The quantitative estimate of drug-likeness (QED) is 0.718. The number of anilines is 2. The maximum atomic E-state index is 12.6. The molecule has 0 aliphatic carbocycles. The highest BCUT2D eigenvalue weighted by Gasteiger charge is 2.21. The second-order valence-corrected chi connectivity index (χ2v) is 7.87. The third kappa shape index (κ3) is 3.27. The Labute approximate surface area is 159 Å². The van der Waals surface area contributed by atoms with E-state index in [4.69, 9.17) is 0 Å². The summed E-state index contributed by atoms with van der Waals surface area (Å²) in [5.74, 6) is -0.00508. The van der Waals surface area contributed by atoms with Crippen molar-refractivity contribution in [2.75, 3.05) is 16.8 Å². The van der Waals surface area contributed by atoms with E-state index in [2.05, 4.69) is 10.3 Å². The average molecular weight is 383 g/mol. The van der Waals surface area contributed by atoms with E-state index in [0.29, 0.717) is 17.0 Å². The highest BCUT2D eigenvalue weighted by atomic mass is 32.1. The SMILES string of the molecule is Cc1nc(-c2ccsc2)sc1C(=O)Nc1ccc(N2CCCC2=O)cc1. The van der Waals surface area contributed by atoms with Crippen molar-refractivity contribution in [1.82, 2.24) is 4.98 Å². The van der Waals surface area contributed by atoms with Crippen LogP contribution in [0.2, 0.25) is 0 Å². The summed E-state index contributed by atoms with van der Waals surface area (Å²) in [6.07, 6.45) is 1.50. The molecule has 0 bridgehead atoms. The summed E-state index contributed by atoms with van der Waals surface area (Å²) in [6.45, 7) is 2.61. The fourth-order valence-electron chi connectivity index (χ4n) is 2.95. The van der Waals surface area contributed by atoms with Crippen LogP contribution >= 0.6 is 22.7 Å². The Morgan fingerprint density at radius 3 is 2.69 bits per heavy atom. The van der Waals surface area contributed by atoms with Crippen LogP contribution in [0.4, 0.5) is 11.4 Å². The van der Waals surface area contributed by atoms with Crippen molar-refractivity contribution in [1.29, 1.82) is 0 Å². The number of thiophene rings is 1. The van der Waals surface area contributed by atoms with E-state index in [-0.39, 0.29) is 11.8 Å². The predicted molar refractivity (Wildman–Crippen MR) is 106 cm³/mol. The van der Waals surface area contributed by atoms with Crippen LogP contribution < -0.4 is 10.2 Å². The molecule has 2 amide bonds. The molecule has 5 nitrogen and oxygen atoms in total. The largest absolute Gasteiger partial charge is 0.321 e. The van der Waals surface area contributed by atoms with Gasteiger partial charge in [-0.3, -0.25) is 9.59 Å². The van der Waals surface area contributed by atoms with Gasteiger partial charge < -0.3 is 10.2 Å². The zero-order valence-electron chi connectivity index (χ0n) is 14.2. The molecule has 1 fully saturated rings. The van der Waals surface area contributed by atoms with E-state index in [1.807, 2.05) is 48.0 Å². The van der Waals surface area contributed by atoms with Gasteiger partial charge in [0.1, 0.15) is 9.88 Å². The van der Waals surface area contributed by atoms with Crippen LogP contribution in [0.25, 0.3) is 10.6 Å². The Balaban J connectivity index is 1.49. The van der Waals surface area contributed by atoms with Crippen LogP contribution in [-0.4, -0.2) is 23.3 Å². The van der Waals surface area contributed by atoms with Crippen molar-refractivity contribution >= 4 is 45.9 Å². The molecule has 132 valence electrons. The molecule has 1 aliphatic heterocycles. The molecular weight excluding hydrogens is 366 g/mol. The van der Waals surface area contributed by atoms with Gasteiger partial charge in [0.05, 0.1) is 5.69 Å². The number of aryl methyl sites for hydroxylation is 1. The van der Waals surface area contributed by atoms with Crippen LogP contribution in [0.3, 0.4) is 0 Å². The molecule has 1 N–H and O–H groups in total. The van der Waals surface area contributed by atoms with Gasteiger partial charge in [-0.1, -0.05) is 0 Å². The van der Waals surface area contributed by atoms with Crippen molar-refractivity contribution in [2.45, 2.75) is 19.8 Å². The number of nitrogens with one attached hydrogen (secondary N) is 1. The number of amides is 2. The maximum absolute atomic E-state index is 12.6. The highest BCUT2D eigenvalue weighted by molar-refractivity contribution is 7.17. The zero-order chi connectivity index (χ0) is 18.1. The topological polar surface area (TPSA) is 62.3 Å². The number of benzene rings is 1. The summed E-state index contributed by atoms with van der Waals surface area (Å²) >= 11 is 3.01. The fourth-order valence-corrected chi connectivity index (χ4v) is 4.62. The summed E-state index contributed by atoms with van der Waals surface area (Å²) in [6, 6.07) is 9.40. The number of nitrogens with zero attached hydrogens (tertiary/aromatic N) is 2. The van der Waals surface area contributed by atoms with Gasteiger partial charge in [0.15, 0.2) is 0 Å². The smallest absolute Gasteiger partial charge is 0.267 e. The molecule has 0 radical (unpaired) electrons. The fraction of sp³-hybridized carbons (Fsp3) is 0.211. The Bertz CT molecular complexity index is 946. The van der Waals surface area contributed by atoms with Crippen LogP contribution in [0.15, 0.2) is 41.1 Å². The highest BCUT2D eigenvalue weighted by Crippen LogP contribution is 2.30. The van der Waals surface area contributed by atoms with E-state index in [0.717, 1.165) is 34.9 Å². The lowest BCUT2D eigenvalue weighted by atomic mass is 10.2. The summed E-state index contributed by atoms with van der Waals surface area (Å²) in [4.78, 5) is 31.3. The van der Waals surface area contributed by atoms with Gasteiger partial charge in [-0.2, -0.15) is 11.3 Å². The van der Waals surface area contributed by atoms with Gasteiger partial charge in [-0.25, -0.2) is 4.98 Å². The molecule has 0 spiro atoms. The Hall–Kier alpha value is -2.51. The molecule has 0 saturated carbocycles. The molecule has 3 aromatic rings. The molecule has 26 heavy (non-hydrogen) atoms. The van der Waals surface area contributed by atoms with Gasteiger partial charge in [0, 0.05) is 35.3 Å². The molecule has 0 unspecified atom stereocenters. The van der Waals surface area contributed by atoms with Crippen LogP contribution in [-0.2, 0) is 4.79 Å². The standard InChI is InChI=1S/C19H17N3O2S2/c1-12-17(26-19(20-12)13-8-10-25-11-13)18(24)21-14-4-6-15(7-5-14)22-9-2-3-16(22)23/h4-8,10-11H,2-3,9H2,1H3,(H,21,24). The van der Waals surface area contributed by atoms with E-state index in [1.165, 1.54) is 11.3 Å². The van der Waals surface area contributed by atoms with Crippen LogP contribution in [0.5, 0.6) is 0 Å². The number of hydrogen-bond acceptors (Lipinski definition) is 5. The monoisotopic (exact) mass is 383 g/mol. The molecule has 1 aliphatic rings.